The van der Waals surface area contributed by atoms with Crippen molar-refractivity contribution in [2.45, 2.75) is 32.2 Å². The van der Waals surface area contributed by atoms with Crippen LogP contribution in [0.25, 0.3) is 0 Å². The standard InChI is InChI=1S/C15H20N2O3/c1-9-7-12(5-6-13(9)15(19)20-2)17-14(18)10-3-4-11(16)8-10/h5-7,10-11H,3-4,8,16H2,1-2H3,(H,17,18). The summed E-state index contributed by atoms with van der Waals surface area (Å²) in [5, 5.41) is 2.88. The van der Waals surface area contributed by atoms with Gasteiger partial charge in [-0.15, -0.1) is 0 Å². The first-order valence-electron chi connectivity index (χ1n) is 6.76. The van der Waals surface area contributed by atoms with E-state index < -0.39 is 0 Å². The molecule has 1 saturated carbocycles. The van der Waals surface area contributed by atoms with E-state index in [2.05, 4.69) is 5.32 Å². The van der Waals surface area contributed by atoms with Gasteiger partial charge in [0.1, 0.15) is 0 Å². The van der Waals surface area contributed by atoms with Crippen LogP contribution in [0.3, 0.4) is 0 Å². The summed E-state index contributed by atoms with van der Waals surface area (Å²) in [6, 6.07) is 5.29. The largest absolute Gasteiger partial charge is 0.465 e. The molecule has 0 radical (unpaired) electrons. The van der Waals surface area contributed by atoms with Crippen molar-refractivity contribution in [1.82, 2.24) is 0 Å². The van der Waals surface area contributed by atoms with Crippen LogP contribution in [-0.4, -0.2) is 25.0 Å². The first-order valence-corrected chi connectivity index (χ1v) is 6.76. The summed E-state index contributed by atoms with van der Waals surface area (Å²) < 4.78 is 4.69. The molecule has 0 aromatic heterocycles. The molecule has 0 heterocycles. The Morgan fingerprint density at radius 2 is 2.10 bits per heavy atom. The van der Waals surface area contributed by atoms with Gasteiger partial charge in [-0.05, 0) is 49.9 Å². The van der Waals surface area contributed by atoms with Gasteiger partial charge in [-0.1, -0.05) is 0 Å². The summed E-state index contributed by atoms with van der Waals surface area (Å²) >= 11 is 0. The van der Waals surface area contributed by atoms with E-state index in [1.54, 1.807) is 18.2 Å². The number of esters is 1. The second-order valence-electron chi connectivity index (χ2n) is 5.28. The van der Waals surface area contributed by atoms with Crippen molar-refractivity contribution >= 4 is 17.6 Å². The number of carbonyl (C=O) groups excluding carboxylic acids is 2. The number of carbonyl (C=O) groups is 2. The molecule has 0 aliphatic heterocycles. The van der Waals surface area contributed by atoms with E-state index in [0.717, 1.165) is 24.8 Å². The van der Waals surface area contributed by atoms with E-state index in [-0.39, 0.29) is 23.8 Å². The molecule has 1 aromatic carbocycles. The van der Waals surface area contributed by atoms with Gasteiger partial charge in [-0.25, -0.2) is 4.79 Å². The molecular weight excluding hydrogens is 256 g/mol. The third-order valence-corrected chi connectivity index (χ3v) is 3.74. The zero-order valence-corrected chi connectivity index (χ0v) is 11.8. The van der Waals surface area contributed by atoms with Crippen LogP contribution in [0.4, 0.5) is 5.69 Å². The van der Waals surface area contributed by atoms with E-state index in [0.29, 0.717) is 11.3 Å². The number of amides is 1. The number of rotatable bonds is 3. The zero-order chi connectivity index (χ0) is 14.7. The van der Waals surface area contributed by atoms with Gasteiger partial charge in [0.2, 0.25) is 5.91 Å². The van der Waals surface area contributed by atoms with Crippen LogP contribution in [-0.2, 0) is 9.53 Å². The maximum Gasteiger partial charge on any atom is 0.338 e. The minimum absolute atomic E-state index is 0.00293. The molecule has 1 fully saturated rings. The highest BCUT2D eigenvalue weighted by atomic mass is 16.5. The topological polar surface area (TPSA) is 81.4 Å². The molecule has 5 heteroatoms. The normalized spacial score (nSPS) is 21.6. The summed E-state index contributed by atoms with van der Waals surface area (Å²) in [6.45, 7) is 1.81. The van der Waals surface area contributed by atoms with Crippen molar-refractivity contribution in [2.24, 2.45) is 11.7 Å². The maximum absolute atomic E-state index is 12.1. The van der Waals surface area contributed by atoms with Crippen LogP contribution in [0.2, 0.25) is 0 Å². The molecule has 20 heavy (non-hydrogen) atoms. The fraction of sp³-hybridized carbons (Fsp3) is 0.467. The number of nitrogens with two attached hydrogens (primary N) is 1. The van der Waals surface area contributed by atoms with Gasteiger partial charge in [0.25, 0.3) is 0 Å². The van der Waals surface area contributed by atoms with E-state index in [1.165, 1.54) is 7.11 Å². The van der Waals surface area contributed by atoms with Crippen molar-refractivity contribution in [2.75, 3.05) is 12.4 Å². The van der Waals surface area contributed by atoms with Crippen molar-refractivity contribution in [1.29, 1.82) is 0 Å². The molecule has 3 N–H and O–H groups in total. The van der Waals surface area contributed by atoms with Crippen molar-refractivity contribution < 1.29 is 14.3 Å². The Hall–Kier alpha value is -1.88. The van der Waals surface area contributed by atoms with E-state index >= 15 is 0 Å². The van der Waals surface area contributed by atoms with Crippen LogP contribution in [0.1, 0.15) is 35.2 Å². The Bertz CT molecular complexity index is 528. The van der Waals surface area contributed by atoms with Gasteiger partial charge in [0, 0.05) is 17.6 Å². The Morgan fingerprint density at radius 1 is 1.35 bits per heavy atom. The number of benzene rings is 1. The predicted octanol–water partition coefficient (Wildman–Crippen LogP) is 1.85. The summed E-state index contributed by atoms with van der Waals surface area (Å²) in [7, 11) is 1.35. The number of hydrogen-bond donors (Lipinski definition) is 2. The molecular formula is C15H20N2O3. The zero-order valence-electron chi connectivity index (χ0n) is 11.8. The van der Waals surface area contributed by atoms with Gasteiger partial charge in [-0.3, -0.25) is 4.79 Å². The minimum atomic E-state index is -0.373. The molecule has 1 amide bonds. The fourth-order valence-corrected chi connectivity index (χ4v) is 2.58. The lowest BCUT2D eigenvalue weighted by Gasteiger charge is -2.12. The van der Waals surface area contributed by atoms with Gasteiger partial charge in [0.05, 0.1) is 12.7 Å². The average Bonchev–Trinajstić information content (AvgIpc) is 2.85. The summed E-state index contributed by atoms with van der Waals surface area (Å²) in [6.07, 6.45) is 2.48. The molecule has 108 valence electrons. The average molecular weight is 276 g/mol. The van der Waals surface area contributed by atoms with Crippen molar-refractivity contribution in [3.05, 3.63) is 29.3 Å². The lowest BCUT2D eigenvalue weighted by atomic mass is 10.1. The number of hydrogen-bond acceptors (Lipinski definition) is 4. The highest BCUT2D eigenvalue weighted by molar-refractivity contribution is 5.95. The van der Waals surface area contributed by atoms with E-state index in [4.69, 9.17) is 10.5 Å². The molecule has 0 bridgehead atoms. The lowest BCUT2D eigenvalue weighted by molar-refractivity contribution is -0.119. The SMILES string of the molecule is COC(=O)c1ccc(NC(=O)C2CCC(N)C2)cc1C. The highest BCUT2D eigenvalue weighted by Gasteiger charge is 2.27. The Kier molecular flexibility index (Phi) is 4.39. The van der Waals surface area contributed by atoms with Crippen LogP contribution >= 0.6 is 0 Å². The number of aryl methyl sites for hydroxylation is 1. The van der Waals surface area contributed by atoms with Crippen LogP contribution in [0.5, 0.6) is 0 Å². The Balaban J connectivity index is 2.05. The summed E-state index contributed by atoms with van der Waals surface area (Å²) in [4.78, 5) is 23.6. The maximum atomic E-state index is 12.1. The molecule has 2 atom stereocenters. The number of methoxy groups -OCH3 is 1. The van der Waals surface area contributed by atoms with Crippen LogP contribution < -0.4 is 11.1 Å². The Morgan fingerprint density at radius 3 is 2.65 bits per heavy atom. The molecule has 5 nitrogen and oxygen atoms in total. The van der Waals surface area contributed by atoms with Crippen LogP contribution in [0.15, 0.2) is 18.2 Å². The van der Waals surface area contributed by atoms with Gasteiger partial charge in [-0.2, -0.15) is 0 Å². The minimum Gasteiger partial charge on any atom is -0.465 e. The molecule has 0 saturated heterocycles. The fourth-order valence-electron chi connectivity index (χ4n) is 2.58. The summed E-state index contributed by atoms with van der Waals surface area (Å²) in [5.74, 6) is -0.379. The van der Waals surface area contributed by atoms with Gasteiger partial charge < -0.3 is 15.8 Å². The monoisotopic (exact) mass is 276 g/mol. The molecule has 1 aromatic rings. The second kappa shape index (κ2) is 6.05. The predicted molar refractivity (Wildman–Crippen MR) is 76.5 cm³/mol. The third kappa shape index (κ3) is 3.17. The molecule has 1 aliphatic carbocycles. The Labute approximate surface area is 118 Å². The first kappa shape index (κ1) is 14.5. The van der Waals surface area contributed by atoms with Crippen molar-refractivity contribution in [3.8, 4) is 0 Å². The molecule has 2 rings (SSSR count). The van der Waals surface area contributed by atoms with E-state index in [1.807, 2.05) is 6.92 Å². The molecule has 2 unspecified atom stereocenters. The van der Waals surface area contributed by atoms with Crippen molar-refractivity contribution in [3.63, 3.8) is 0 Å². The van der Waals surface area contributed by atoms with Gasteiger partial charge >= 0.3 is 5.97 Å². The molecule has 1 aliphatic rings. The number of nitrogens with one attached hydrogen (secondary N) is 1. The first-order chi connectivity index (χ1) is 9.51. The number of ether oxygens (including phenoxy) is 1. The number of anilines is 1. The lowest BCUT2D eigenvalue weighted by Crippen LogP contribution is -2.23. The van der Waals surface area contributed by atoms with Crippen LogP contribution in [0, 0.1) is 12.8 Å². The highest BCUT2D eigenvalue weighted by Crippen LogP contribution is 2.26. The summed E-state index contributed by atoms with van der Waals surface area (Å²) in [5.41, 5.74) is 7.80. The molecule has 0 spiro atoms. The quantitative estimate of drug-likeness (QED) is 0.825. The third-order valence-electron chi connectivity index (χ3n) is 3.74. The second-order valence-corrected chi connectivity index (χ2v) is 5.28. The smallest absolute Gasteiger partial charge is 0.338 e. The van der Waals surface area contributed by atoms with Gasteiger partial charge in [0.15, 0.2) is 0 Å². The van der Waals surface area contributed by atoms with E-state index in [9.17, 15) is 9.59 Å².